The fourth-order valence-electron chi connectivity index (χ4n) is 3.04. The van der Waals surface area contributed by atoms with Gasteiger partial charge >= 0.3 is 0 Å². The first-order valence-electron chi connectivity index (χ1n) is 4.95. The molecule has 2 bridgehead atoms. The van der Waals surface area contributed by atoms with Gasteiger partial charge in [-0.2, -0.15) is 0 Å². The van der Waals surface area contributed by atoms with E-state index in [9.17, 15) is 9.59 Å². The van der Waals surface area contributed by atoms with Gasteiger partial charge in [-0.15, -0.1) is 0 Å². The molecule has 2 heteroatoms. The molecule has 13 heavy (non-hydrogen) atoms. The summed E-state index contributed by atoms with van der Waals surface area (Å²) in [5.74, 6) is 0.469. The summed E-state index contributed by atoms with van der Waals surface area (Å²) in [5, 5.41) is 0. The number of hydrogen-bond donors (Lipinski definition) is 0. The Labute approximate surface area is 78.7 Å². The third kappa shape index (κ3) is 0.839. The van der Waals surface area contributed by atoms with Crippen LogP contribution in [0.5, 0.6) is 0 Å². The zero-order chi connectivity index (χ0) is 9.85. The summed E-state index contributed by atoms with van der Waals surface area (Å²) in [6, 6.07) is 0. The SMILES string of the molecule is CC1(C)[C@H]2CC[C@@]1(C)C(=O)CC2=O. The van der Waals surface area contributed by atoms with Crippen molar-refractivity contribution in [2.24, 2.45) is 16.7 Å². The Hall–Kier alpha value is -0.660. The number of Topliss-reactive ketones (excluding diaryl/α,β-unsaturated/α-hetero) is 2. The van der Waals surface area contributed by atoms with Crippen molar-refractivity contribution < 1.29 is 9.59 Å². The highest BCUT2D eigenvalue weighted by Gasteiger charge is 2.60. The lowest BCUT2D eigenvalue weighted by Gasteiger charge is -2.43. The van der Waals surface area contributed by atoms with Crippen LogP contribution in [0.3, 0.4) is 0 Å². The molecule has 0 saturated heterocycles. The summed E-state index contributed by atoms with van der Waals surface area (Å²) in [6.45, 7) is 6.17. The summed E-state index contributed by atoms with van der Waals surface area (Å²) in [7, 11) is 0. The van der Waals surface area contributed by atoms with Crippen LogP contribution in [0.1, 0.15) is 40.0 Å². The average molecular weight is 180 g/mol. The second-order valence-corrected chi connectivity index (χ2v) is 5.21. The summed E-state index contributed by atoms with van der Waals surface area (Å²) in [6.07, 6.45) is 1.99. The minimum Gasteiger partial charge on any atom is -0.299 e. The molecule has 2 saturated carbocycles. The van der Waals surface area contributed by atoms with E-state index in [4.69, 9.17) is 0 Å². The molecule has 2 fully saturated rings. The summed E-state index contributed by atoms with van der Waals surface area (Å²) in [5.41, 5.74) is -0.342. The monoisotopic (exact) mass is 180 g/mol. The largest absolute Gasteiger partial charge is 0.299 e. The van der Waals surface area contributed by atoms with Gasteiger partial charge in [-0.25, -0.2) is 0 Å². The van der Waals surface area contributed by atoms with Crippen LogP contribution in [-0.4, -0.2) is 11.6 Å². The molecule has 0 amide bonds. The number of fused-ring (bicyclic) bond motifs is 2. The quantitative estimate of drug-likeness (QED) is 0.534. The maximum atomic E-state index is 11.8. The van der Waals surface area contributed by atoms with Gasteiger partial charge in [-0.05, 0) is 18.3 Å². The predicted octanol–water partition coefficient (Wildman–Crippen LogP) is 1.97. The van der Waals surface area contributed by atoms with Gasteiger partial charge in [0, 0.05) is 11.3 Å². The average Bonchev–Trinajstić information content (AvgIpc) is 2.16. The molecule has 2 nitrogen and oxygen atoms in total. The Kier molecular flexibility index (Phi) is 1.53. The topological polar surface area (TPSA) is 34.1 Å². The zero-order valence-corrected chi connectivity index (χ0v) is 8.52. The Bertz CT molecular complexity index is 290. The van der Waals surface area contributed by atoms with Crippen molar-refractivity contribution in [1.29, 1.82) is 0 Å². The zero-order valence-electron chi connectivity index (χ0n) is 8.52. The van der Waals surface area contributed by atoms with E-state index < -0.39 is 0 Å². The van der Waals surface area contributed by atoms with Crippen LogP contribution in [0.4, 0.5) is 0 Å². The lowest BCUT2D eigenvalue weighted by molar-refractivity contribution is -0.146. The number of ketones is 2. The van der Waals surface area contributed by atoms with Crippen molar-refractivity contribution in [3.63, 3.8) is 0 Å². The van der Waals surface area contributed by atoms with E-state index in [2.05, 4.69) is 13.8 Å². The van der Waals surface area contributed by atoms with E-state index in [1.54, 1.807) is 0 Å². The first-order valence-corrected chi connectivity index (χ1v) is 4.95. The lowest BCUT2D eigenvalue weighted by atomic mass is 9.58. The molecule has 2 aliphatic rings. The second kappa shape index (κ2) is 2.23. The molecule has 0 unspecified atom stereocenters. The van der Waals surface area contributed by atoms with Crippen LogP contribution in [0.2, 0.25) is 0 Å². The fraction of sp³-hybridized carbons (Fsp3) is 0.818. The minimum atomic E-state index is -0.231. The maximum Gasteiger partial charge on any atom is 0.146 e. The van der Waals surface area contributed by atoms with Gasteiger partial charge in [-0.3, -0.25) is 9.59 Å². The van der Waals surface area contributed by atoms with Gasteiger partial charge < -0.3 is 0 Å². The van der Waals surface area contributed by atoms with Crippen molar-refractivity contribution in [3.05, 3.63) is 0 Å². The predicted molar refractivity (Wildman–Crippen MR) is 49.2 cm³/mol. The van der Waals surface area contributed by atoms with E-state index in [0.717, 1.165) is 12.8 Å². The molecule has 0 aliphatic heterocycles. The molecule has 0 N–H and O–H groups in total. The Morgan fingerprint density at radius 2 is 1.85 bits per heavy atom. The van der Waals surface area contributed by atoms with Crippen LogP contribution in [0, 0.1) is 16.7 Å². The molecular formula is C11H16O2. The minimum absolute atomic E-state index is 0.112. The van der Waals surface area contributed by atoms with Gasteiger partial charge in [0.25, 0.3) is 0 Å². The summed E-state index contributed by atoms with van der Waals surface area (Å²) < 4.78 is 0. The molecular weight excluding hydrogens is 164 g/mol. The summed E-state index contributed by atoms with van der Waals surface area (Å²) >= 11 is 0. The standard InChI is InChI=1S/C11H16O2/c1-10(2)7-4-5-11(10,3)9(13)6-8(7)12/h7H,4-6H2,1-3H3/t7-,11-/m0/s1. The normalized spacial score (nSPS) is 42.5. The Morgan fingerprint density at radius 1 is 1.23 bits per heavy atom. The van der Waals surface area contributed by atoms with Gasteiger partial charge in [0.2, 0.25) is 0 Å². The van der Waals surface area contributed by atoms with Gasteiger partial charge in [0.15, 0.2) is 0 Å². The van der Waals surface area contributed by atoms with Crippen molar-refractivity contribution in [3.8, 4) is 0 Å². The van der Waals surface area contributed by atoms with Gasteiger partial charge in [0.1, 0.15) is 11.6 Å². The lowest BCUT2D eigenvalue weighted by Crippen LogP contribution is -2.48. The van der Waals surface area contributed by atoms with E-state index in [-0.39, 0.29) is 34.7 Å². The highest BCUT2D eigenvalue weighted by molar-refractivity contribution is 6.07. The van der Waals surface area contributed by atoms with Crippen molar-refractivity contribution in [2.75, 3.05) is 0 Å². The Balaban J connectivity index is 2.51. The highest BCUT2D eigenvalue weighted by Crippen LogP contribution is 2.59. The molecule has 0 aromatic heterocycles. The smallest absolute Gasteiger partial charge is 0.146 e. The summed E-state index contributed by atoms with van der Waals surface area (Å²) in [4.78, 5) is 23.4. The highest BCUT2D eigenvalue weighted by atomic mass is 16.2. The first kappa shape index (κ1) is 8.92. The van der Waals surface area contributed by atoms with Crippen LogP contribution in [-0.2, 0) is 9.59 Å². The van der Waals surface area contributed by atoms with Crippen molar-refractivity contribution in [2.45, 2.75) is 40.0 Å². The third-order valence-electron chi connectivity index (χ3n) is 4.57. The van der Waals surface area contributed by atoms with Crippen LogP contribution < -0.4 is 0 Å². The molecule has 2 aliphatic carbocycles. The van der Waals surface area contributed by atoms with Crippen LogP contribution in [0.25, 0.3) is 0 Å². The number of hydrogen-bond acceptors (Lipinski definition) is 2. The maximum absolute atomic E-state index is 11.8. The van der Waals surface area contributed by atoms with Crippen LogP contribution in [0.15, 0.2) is 0 Å². The van der Waals surface area contributed by atoms with Crippen molar-refractivity contribution in [1.82, 2.24) is 0 Å². The molecule has 2 rings (SSSR count). The number of carbonyl (C=O) groups is 2. The Morgan fingerprint density at radius 3 is 2.46 bits per heavy atom. The molecule has 0 aromatic rings. The second-order valence-electron chi connectivity index (χ2n) is 5.21. The van der Waals surface area contributed by atoms with Crippen LogP contribution >= 0.6 is 0 Å². The van der Waals surface area contributed by atoms with Crippen molar-refractivity contribution >= 4 is 11.6 Å². The molecule has 0 aromatic carbocycles. The third-order valence-corrected chi connectivity index (χ3v) is 4.57. The molecule has 0 heterocycles. The molecule has 2 atom stereocenters. The first-order chi connectivity index (χ1) is 5.89. The fourth-order valence-corrected chi connectivity index (χ4v) is 3.04. The van der Waals surface area contributed by atoms with Gasteiger partial charge in [0.05, 0.1) is 6.42 Å². The van der Waals surface area contributed by atoms with E-state index >= 15 is 0 Å². The molecule has 0 radical (unpaired) electrons. The van der Waals surface area contributed by atoms with E-state index in [1.165, 1.54) is 0 Å². The molecule has 72 valence electrons. The van der Waals surface area contributed by atoms with E-state index in [1.807, 2.05) is 6.92 Å². The van der Waals surface area contributed by atoms with E-state index in [0.29, 0.717) is 0 Å². The number of carbonyl (C=O) groups excluding carboxylic acids is 2. The molecule has 0 spiro atoms. The van der Waals surface area contributed by atoms with Gasteiger partial charge in [-0.1, -0.05) is 20.8 Å². The number of rotatable bonds is 0.